The summed E-state index contributed by atoms with van der Waals surface area (Å²) in [6, 6.07) is 0. The Labute approximate surface area is 193 Å². The van der Waals surface area contributed by atoms with Crippen LogP contribution in [0.25, 0.3) is 0 Å². The normalized spacial score (nSPS) is 45.3. The van der Waals surface area contributed by atoms with E-state index in [-0.39, 0.29) is 0 Å². The molecule has 0 aromatic carbocycles. The third kappa shape index (κ3) is 3.29. The Morgan fingerprint density at radius 1 is 0.516 bits per heavy atom. The van der Waals surface area contributed by atoms with Crippen LogP contribution in [0.5, 0.6) is 0 Å². The van der Waals surface area contributed by atoms with E-state index in [1.54, 1.807) is 39.0 Å². The van der Waals surface area contributed by atoms with Crippen molar-refractivity contribution in [3.63, 3.8) is 0 Å². The highest BCUT2D eigenvalue weighted by Gasteiger charge is 2.51. The fourth-order valence-corrected chi connectivity index (χ4v) is 8.83. The van der Waals surface area contributed by atoms with E-state index in [1.165, 1.54) is 12.8 Å². The predicted octanol–water partition coefficient (Wildman–Crippen LogP) is 9.02. The first-order valence-electron chi connectivity index (χ1n) is 13.2. The number of hydrogen-bond acceptors (Lipinski definition) is 0. The molecule has 10 unspecified atom stereocenters. The summed E-state index contributed by atoms with van der Waals surface area (Å²) >= 11 is 0. The standard InChI is InChI=1S/C31H48/c1-15-14-28-26(19(5)24(10)29(28)21(7)16(15)2)12-13-27-20(6)25(11)30-22(8)17(3)18(4)23(9)31(27)30/h14,19-20,24-31H,12-13H2,1-11H3. The third-order valence-corrected chi connectivity index (χ3v) is 11.6. The molecule has 0 aliphatic heterocycles. The Bertz CT molecular complexity index is 874. The van der Waals surface area contributed by atoms with Crippen molar-refractivity contribution in [2.24, 2.45) is 59.2 Å². The van der Waals surface area contributed by atoms with Gasteiger partial charge in [0, 0.05) is 0 Å². The van der Waals surface area contributed by atoms with E-state index in [1.807, 2.05) is 0 Å². The average Bonchev–Trinajstić information content (AvgIpc) is 3.12. The summed E-state index contributed by atoms with van der Waals surface area (Å²) in [7, 11) is 0. The molecule has 0 heterocycles. The molecule has 0 heteroatoms. The second-order valence-corrected chi connectivity index (χ2v) is 12.3. The summed E-state index contributed by atoms with van der Waals surface area (Å²) in [6.07, 6.45) is 5.51. The van der Waals surface area contributed by atoms with E-state index in [0.29, 0.717) is 0 Å². The van der Waals surface area contributed by atoms with Crippen LogP contribution in [0.2, 0.25) is 0 Å². The van der Waals surface area contributed by atoms with Crippen molar-refractivity contribution in [3.05, 3.63) is 45.1 Å². The van der Waals surface area contributed by atoms with Gasteiger partial charge in [0.2, 0.25) is 0 Å². The summed E-state index contributed by atoms with van der Waals surface area (Å²) in [5.74, 6) is 8.11. The van der Waals surface area contributed by atoms with Gasteiger partial charge in [0.25, 0.3) is 0 Å². The highest BCUT2D eigenvalue weighted by Crippen LogP contribution is 2.59. The van der Waals surface area contributed by atoms with Gasteiger partial charge in [-0.1, -0.05) is 56.1 Å². The van der Waals surface area contributed by atoms with Crippen LogP contribution in [0.1, 0.15) is 89.0 Å². The van der Waals surface area contributed by atoms with Crippen LogP contribution in [-0.4, -0.2) is 0 Å². The molecule has 0 spiro atoms. The van der Waals surface area contributed by atoms with Gasteiger partial charge in [-0.15, -0.1) is 0 Å². The topological polar surface area (TPSA) is 0 Å². The molecular weight excluding hydrogens is 372 g/mol. The minimum absolute atomic E-state index is 0.771. The first-order valence-corrected chi connectivity index (χ1v) is 13.2. The molecule has 0 radical (unpaired) electrons. The van der Waals surface area contributed by atoms with Gasteiger partial charge < -0.3 is 0 Å². The highest BCUT2D eigenvalue weighted by atomic mass is 14.6. The summed E-state index contributed by atoms with van der Waals surface area (Å²) < 4.78 is 0. The van der Waals surface area contributed by atoms with Gasteiger partial charge >= 0.3 is 0 Å². The zero-order valence-electron chi connectivity index (χ0n) is 22.3. The van der Waals surface area contributed by atoms with Gasteiger partial charge in [-0.05, 0) is 137 Å². The van der Waals surface area contributed by atoms with Gasteiger partial charge in [-0.25, -0.2) is 0 Å². The average molecular weight is 421 g/mol. The SMILES string of the molecule is CC1=CC2C(CCC3C(C)C(C)C4C(C)=C(C)C(C)=C(C)C34)C(C)C(C)C2C(C)=C1C. The maximum atomic E-state index is 2.67. The lowest BCUT2D eigenvalue weighted by atomic mass is 9.69. The first kappa shape index (κ1) is 23.1. The molecule has 0 N–H and O–H groups in total. The smallest absolute Gasteiger partial charge is 0.0101 e. The van der Waals surface area contributed by atoms with Crippen molar-refractivity contribution in [1.82, 2.24) is 0 Å². The Morgan fingerprint density at radius 2 is 0.968 bits per heavy atom. The van der Waals surface area contributed by atoms with Gasteiger partial charge in [-0.3, -0.25) is 0 Å². The highest BCUT2D eigenvalue weighted by molar-refractivity contribution is 5.44. The minimum Gasteiger partial charge on any atom is -0.0773 e. The fourth-order valence-electron chi connectivity index (χ4n) is 8.83. The van der Waals surface area contributed by atoms with Gasteiger partial charge in [0.15, 0.2) is 0 Å². The zero-order chi connectivity index (χ0) is 22.9. The molecular formula is C31H48. The lowest BCUT2D eigenvalue weighted by Gasteiger charge is -2.36. The van der Waals surface area contributed by atoms with Gasteiger partial charge in [0.05, 0.1) is 0 Å². The molecule has 4 aliphatic carbocycles. The Kier molecular flexibility index (Phi) is 6.02. The van der Waals surface area contributed by atoms with Crippen molar-refractivity contribution in [2.75, 3.05) is 0 Å². The van der Waals surface area contributed by atoms with E-state index in [2.05, 4.69) is 82.2 Å². The second-order valence-electron chi connectivity index (χ2n) is 12.3. The van der Waals surface area contributed by atoms with Crippen molar-refractivity contribution in [1.29, 1.82) is 0 Å². The Hall–Kier alpha value is -1.04. The molecule has 0 amide bonds. The molecule has 0 aromatic rings. The number of allylic oxidation sites excluding steroid dienone is 8. The molecule has 2 saturated carbocycles. The summed E-state index contributed by atoms with van der Waals surface area (Å²) in [6.45, 7) is 27.0. The van der Waals surface area contributed by atoms with Crippen LogP contribution in [0.15, 0.2) is 45.1 Å². The van der Waals surface area contributed by atoms with Crippen LogP contribution < -0.4 is 0 Å². The van der Waals surface area contributed by atoms with Crippen LogP contribution in [0, 0.1) is 59.2 Å². The molecule has 2 fully saturated rings. The van der Waals surface area contributed by atoms with Crippen molar-refractivity contribution >= 4 is 0 Å². The van der Waals surface area contributed by atoms with E-state index in [4.69, 9.17) is 0 Å². The zero-order valence-corrected chi connectivity index (χ0v) is 22.3. The number of rotatable bonds is 3. The summed E-state index contributed by atoms with van der Waals surface area (Å²) in [4.78, 5) is 0. The van der Waals surface area contributed by atoms with Crippen LogP contribution >= 0.6 is 0 Å². The minimum atomic E-state index is 0.771. The maximum Gasteiger partial charge on any atom is -0.0101 e. The monoisotopic (exact) mass is 420 g/mol. The quantitative estimate of drug-likeness (QED) is 0.427. The largest absolute Gasteiger partial charge is 0.0773 e. The molecule has 0 bridgehead atoms. The van der Waals surface area contributed by atoms with E-state index >= 15 is 0 Å². The number of fused-ring (bicyclic) bond motifs is 2. The molecule has 0 saturated heterocycles. The van der Waals surface area contributed by atoms with Crippen LogP contribution in [0.4, 0.5) is 0 Å². The molecule has 4 aliphatic rings. The third-order valence-electron chi connectivity index (χ3n) is 11.6. The van der Waals surface area contributed by atoms with E-state index in [9.17, 15) is 0 Å². The van der Waals surface area contributed by atoms with E-state index in [0.717, 1.165) is 59.2 Å². The first-order chi connectivity index (χ1) is 14.5. The Balaban J connectivity index is 1.58. The van der Waals surface area contributed by atoms with Crippen molar-refractivity contribution < 1.29 is 0 Å². The lowest BCUT2D eigenvalue weighted by Crippen LogP contribution is -2.26. The van der Waals surface area contributed by atoms with Crippen molar-refractivity contribution in [2.45, 2.75) is 89.0 Å². The summed E-state index contributed by atoms with van der Waals surface area (Å²) in [5, 5.41) is 0. The predicted molar refractivity (Wildman–Crippen MR) is 136 cm³/mol. The van der Waals surface area contributed by atoms with Crippen LogP contribution in [-0.2, 0) is 0 Å². The van der Waals surface area contributed by atoms with Gasteiger partial charge in [0.1, 0.15) is 0 Å². The maximum absolute atomic E-state index is 2.67. The second kappa shape index (κ2) is 8.07. The fraction of sp³-hybridized carbons (Fsp3) is 0.742. The molecule has 31 heavy (non-hydrogen) atoms. The molecule has 10 atom stereocenters. The van der Waals surface area contributed by atoms with Crippen molar-refractivity contribution in [3.8, 4) is 0 Å². The Morgan fingerprint density at radius 3 is 1.58 bits per heavy atom. The number of hydrogen-bond donors (Lipinski definition) is 0. The van der Waals surface area contributed by atoms with Crippen LogP contribution in [0.3, 0.4) is 0 Å². The molecule has 0 aromatic heterocycles. The summed E-state index contributed by atoms with van der Waals surface area (Å²) in [5.41, 5.74) is 11.4. The molecule has 4 rings (SSSR count). The molecule has 0 nitrogen and oxygen atoms in total. The lowest BCUT2D eigenvalue weighted by molar-refractivity contribution is 0.241. The molecule has 172 valence electrons. The van der Waals surface area contributed by atoms with Gasteiger partial charge in [-0.2, -0.15) is 0 Å². The van der Waals surface area contributed by atoms with E-state index < -0.39 is 0 Å².